The second-order valence-corrected chi connectivity index (χ2v) is 6.14. The number of benzene rings is 1. The first-order valence-electron chi connectivity index (χ1n) is 6.53. The van der Waals surface area contributed by atoms with E-state index >= 15 is 0 Å². The second kappa shape index (κ2) is 6.41. The van der Waals surface area contributed by atoms with Gasteiger partial charge in [0.15, 0.2) is 23.0 Å². The van der Waals surface area contributed by atoms with Crippen molar-refractivity contribution in [1.29, 1.82) is 0 Å². The number of hydrogen-bond donors (Lipinski definition) is 2. The minimum atomic E-state index is -1.06. The fourth-order valence-corrected chi connectivity index (χ4v) is 2.50. The van der Waals surface area contributed by atoms with Crippen LogP contribution in [0.15, 0.2) is 18.2 Å². The van der Waals surface area contributed by atoms with E-state index in [1.54, 1.807) is 49.8 Å². The van der Waals surface area contributed by atoms with E-state index in [1.165, 1.54) is 0 Å². The predicted octanol–water partition coefficient (Wildman–Crippen LogP) is 1.70. The number of fused-ring (bicyclic) bond motifs is 1. The van der Waals surface area contributed by atoms with E-state index in [0.717, 1.165) is 5.56 Å². The van der Waals surface area contributed by atoms with Crippen LogP contribution in [-0.4, -0.2) is 30.4 Å². The van der Waals surface area contributed by atoms with Crippen molar-refractivity contribution in [1.82, 2.24) is 5.32 Å². The van der Waals surface area contributed by atoms with Crippen LogP contribution >= 0.6 is 23.0 Å². The third kappa shape index (κ3) is 4.01. The van der Waals surface area contributed by atoms with Gasteiger partial charge in [-0.25, -0.2) is 4.79 Å². The molecule has 0 radical (unpaired) electrons. The number of ether oxygens (including phenoxy) is 1. The zero-order valence-electron chi connectivity index (χ0n) is 12.1. The molecule has 1 aromatic carbocycles. The molecule has 8 heteroatoms. The van der Waals surface area contributed by atoms with Gasteiger partial charge in [-0.1, -0.05) is 12.1 Å². The quantitative estimate of drug-likeness (QED) is 0.592. The Morgan fingerprint density at radius 3 is 2.86 bits per heavy atom. The first-order chi connectivity index (χ1) is 9.81. The van der Waals surface area contributed by atoms with Gasteiger partial charge in [0.1, 0.15) is 11.4 Å². The first-order valence-corrected chi connectivity index (χ1v) is 7.41. The Morgan fingerprint density at radius 1 is 1.52 bits per heavy atom. The zero-order valence-corrected chi connectivity index (χ0v) is 14.2. The van der Waals surface area contributed by atoms with Crippen molar-refractivity contribution in [3.05, 3.63) is 23.8 Å². The SMILES string of the molecule is CC(C)(C)OC(=O)NC[C@H]1OB(O)c2c(OI)cccc21. The van der Waals surface area contributed by atoms with Crippen molar-refractivity contribution < 1.29 is 22.3 Å². The lowest BCUT2D eigenvalue weighted by atomic mass is 9.78. The summed E-state index contributed by atoms with van der Waals surface area (Å²) < 4.78 is 15.8. The molecule has 0 saturated heterocycles. The van der Waals surface area contributed by atoms with Gasteiger partial charge in [-0.2, -0.15) is 0 Å². The maximum absolute atomic E-state index is 11.7. The summed E-state index contributed by atoms with van der Waals surface area (Å²) in [6.45, 7) is 5.59. The Kier molecular flexibility index (Phi) is 5.00. The standard InChI is InChI=1S/C13H17BINO5/c1-13(2,3)19-12(17)16-7-10-8-5-4-6-9(21-15)11(8)14(18)20-10/h4-6,10,18H,7H2,1-3H3,(H,16,17)/t10-/m1/s1. The van der Waals surface area contributed by atoms with Crippen LogP contribution in [0.5, 0.6) is 5.75 Å². The molecule has 0 fully saturated rings. The summed E-state index contributed by atoms with van der Waals surface area (Å²) >= 11 is 1.75. The van der Waals surface area contributed by atoms with E-state index in [0.29, 0.717) is 11.2 Å². The largest absolute Gasteiger partial charge is 0.495 e. The molecule has 6 nitrogen and oxygen atoms in total. The summed E-state index contributed by atoms with van der Waals surface area (Å²) in [7, 11) is -1.06. The van der Waals surface area contributed by atoms with Gasteiger partial charge >= 0.3 is 13.2 Å². The fraction of sp³-hybridized carbons (Fsp3) is 0.462. The summed E-state index contributed by atoms with van der Waals surface area (Å²) in [5.74, 6) is 0.556. The van der Waals surface area contributed by atoms with Gasteiger partial charge in [0.05, 0.1) is 6.10 Å². The second-order valence-electron chi connectivity index (χ2n) is 5.70. The first kappa shape index (κ1) is 16.4. The monoisotopic (exact) mass is 405 g/mol. The van der Waals surface area contributed by atoms with Crippen LogP contribution in [0.3, 0.4) is 0 Å². The topological polar surface area (TPSA) is 77.0 Å². The lowest BCUT2D eigenvalue weighted by Gasteiger charge is -2.21. The van der Waals surface area contributed by atoms with Crippen LogP contribution in [0, 0.1) is 0 Å². The van der Waals surface area contributed by atoms with Crippen LogP contribution in [0.2, 0.25) is 0 Å². The van der Waals surface area contributed by atoms with Gasteiger partial charge in [-0.15, -0.1) is 0 Å². The van der Waals surface area contributed by atoms with E-state index < -0.39 is 24.9 Å². The average Bonchev–Trinajstić information content (AvgIpc) is 2.71. The van der Waals surface area contributed by atoms with Gasteiger partial charge in [0.2, 0.25) is 0 Å². The molecule has 2 rings (SSSR count). The van der Waals surface area contributed by atoms with Crippen molar-refractivity contribution in [2.75, 3.05) is 6.54 Å². The van der Waals surface area contributed by atoms with E-state index in [9.17, 15) is 9.82 Å². The Labute approximate surface area is 138 Å². The molecule has 0 spiro atoms. The van der Waals surface area contributed by atoms with Crippen molar-refractivity contribution >= 4 is 41.7 Å². The number of carbonyl (C=O) groups excluding carboxylic acids is 1. The third-order valence-electron chi connectivity index (χ3n) is 2.90. The van der Waals surface area contributed by atoms with Crippen LogP contribution in [0.25, 0.3) is 0 Å². The minimum absolute atomic E-state index is 0.212. The highest BCUT2D eigenvalue weighted by Crippen LogP contribution is 2.27. The van der Waals surface area contributed by atoms with E-state index in [2.05, 4.69) is 5.32 Å². The van der Waals surface area contributed by atoms with Crippen molar-refractivity contribution in [3.8, 4) is 5.75 Å². The van der Waals surface area contributed by atoms with E-state index in [-0.39, 0.29) is 6.54 Å². The Balaban J connectivity index is 2.04. The highest BCUT2D eigenvalue weighted by molar-refractivity contribution is 14.1. The molecule has 0 saturated carbocycles. The number of hydrogen-bond acceptors (Lipinski definition) is 5. The Bertz CT molecular complexity index is 534. The van der Waals surface area contributed by atoms with Crippen molar-refractivity contribution in [3.63, 3.8) is 0 Å². The predicted molar refractivity (Wildman–Crippen MR) is 86.8 cm³/mol. The molecule has 0 aliphatic carbocycles. The van der Waals surface area contributed by atoms with E-state index in [1.807, 2.05) is 12.1 Å². The van der Waals surface area contributed by atoms with Crippen molar-refractivity contribution in [2.45, 2.75) is 32.5 Å². The molecular weight excluding hydrogens is 388 g/mol. The number of carbonyl (C=O) groups is 1. The van der Waals surface area contributed by atoms with Gasteiger partial charge in [-0.3, -0.25) is 0 Å². The molecule has 21 heavy (non-hydrogen) atoms. The third-order valence-corrected chi connectivity index (χ3v) is 3.38. The summed E-state index contributed by atoms with van der Waals surface area (Å²) in [4.78, 5) is 11.7. The summed E-state index contributed by atoms with van der Waals surface area (Å²) in [5, 5.41) is 12.6. The maximum atomic E-state index is 11.7. The average molecular weight is 405 g/mol. The highest BCUT2D eigenvalue weighted by atomic mass is 127. The molecule has 1 aliphatic heterocycles. The van der Waals surface area contributed by atoms with Crippen LogP contribution in [0.4, 0.5) is 4.79 Å². The number of rotatable bonds is 3. The molecule has 1 atom stereocenters. The van der Waals surface area contributed by atoms with Gasteiger partial charge in [0, 0.05) is 12.0 Å². The van der Waals surface area contributed by atoms with Gasteiger partial charge in [0.25, 0.3) is 0 Å². The van der Waals surface area contributed by atoms with Crippen LogP contribution < -0.4 is 13.8 Å². The molecule has 114 valence electrons. The molecule has 1 aliphatic rings. The molecule has 1 heterocycles. The minimum Gasteiger partial charge on any atom is -0.444 e. The maximum Gasteiger partial charge on any atom is 0.495 e. The van der Waals surface area contributed by atoms with Crippen LogP contribution in [0.1, 0.15) is 32.4 Å². The van der Waals surface area contributed by atoms with E-state index in [4.69, 9.17) is 12.5 Å². The zero-order chi connectivity index (χ0) is 15.6. The number of amides is 1. The van der Waals surface area contributed by atoms with Gasteiger partial charge in [-0.05, 0) is 32.4 Å². The smallest absolute Gasteiger partial charge is 0.444 e. The number of halogens is 1. The summed E-state index contributed by atoms with van der Waals surface area (Å²) in [5.41, 5.74) is 0.843. The lowest BCUT2D eigenvalue weighted by molar-refractivity contribution is 0.0498. The molecule has 2 N–H and O–H groups in total. The summed E-state index contributed by atoms with van der Waals surface area (Å²) in [6.07, 6.45) is -0.954. The molecule has 0 unspecified atom stereocenters. The molecule has 0 aromatic heterocycles. The molecule has 0 bridgehead atoms. The fourth-order valence-electron chi connectivity index (χ4n) is 2.12. The highest BCUT2D eigenvalue weighted by Gasteiger charge is 2.38. The number of alkyl carbamates (subject to hydrolysis) is 1. The Hall–Kier alpha value is -0.995. The molecule has 1 amide bonds. The Morgan fingerprint density at radius 2 is 2.24 bits per heavy atom. The van der Waals surface area contributed by atoms with Crippen LogP contribution in [-0.2, 0) is 9.39 Å². The normalized spacial score (nSPS) is 17.4. The molecule has 1 aromatic rings. The summed E-state index contributed by atoms with van der Waals surface area (Å²) in [6, 6.07) is 5.41. The molecular formula is C13H17BINO5. The van der Waals surface area contributed by atoms with Gasteiger partial charge < -0.3 is 22.8 Å². The number of nitrogens with one attached hydrogen (secondary N) is 1. The lowest BCUT2D eigenvalue weighted by Crippen LogP contribution is -2.35. The van der Waals surface area contributed by atoms with Crippen molar-refractivity contribution in [2.24, 2.45) is 0 Å².